The van der Waals surface area contributed by atoms with Crippen LogP contribution in [0.3, 0.4) is 0 Å². The number of para-hydroxylation sites is 1. The maximum atomic E-state index is 12.0. The molecule has 21 heavy (non-hydrogen) atoms. The van der Waals surface area contributed by atoms with Crippen LogP contribution in [0.1, 0.15) is 0 Å². The van der Waals surface area contributed by atoms with Crippen molar-refractivity contribution in [2.75, 3.05) is 44.2 Å². The number of carbonyl (C=O) groups is 1. The maximum absolute atomic E-state index is 12.0. The van der Waals surface area contributed by atoms with Crippen LogP contribution in [-0.2, 0) is 4.79 Å². The Hall–Kier alpha value is -1.76. The van der Waals surface area contributed by atoms with Crippen molar-refractivity contribution < 1.29 is 22.9 Å². The molecule has 1 aromatic rings. The third-order valence-electron chi connectivity index (χ3n) is 3.49. The van der Waals surface area contributed by atoms with Crippen LogP contribution in [0, 0.1) is 0 Å². The van der Waals surface area contributed by atoms with E-state index < -0.39 is 18.6 Å². The Morgan fingerprint density at radius 2 is 1.81 bits per heavy atom. The Labute approximate surface area is 121 Å². The molecule has 0 saturated carbocycles. The van der Waals surface area contributed by atoms with Crippen molar-refractivity contribution in [3.63, 3.8) is 0 Å². The summed E-state index contributed by atoms with van der Waals surface area (Å²) in [6.07, 6.45) is -4.35. The molecule has 0 aliphatic carbocycles. The number of nitrogens with zero attached hydrogens (tertiary/aromatic N) is 1. The van der Waals surface area contributed by atoms with Gasteiger partial charge in [-0.15, -0.1) is 0 Å². The molecule has 2 rings (SSSR count). The quantitative estimate of drug-likeness (QED) is 0.826. The topological polar surface area (TPSA) is 36.8 Å². The molecule has 1 aliphatic rings. The summed E-state index contributed by atoms with van der Waals surface area (Å²) in [4.78, 5) is 14.7. The van der Waals surface area contributed by atoms with Crippen LogP contribution in [0.4, 0.5) is 18.9 Å². The predicted octanol–water partition coefficient (Wildman–Crippen LogP) is 0.0700. The third-order valence-corrected chi connectivity index (χ3v) is 3.49. The monoisotopic (exact) mass is 302 g/mol. The Morgan fingerprint density at radius 3 is 2.38 bits per heavy atom. The normalized spacial score (nSPS) is 16.8. The summed E-state index contributed by atoms with van der Waals surface area (Å²) >= 11 is 0. The van der Waals surface area contributed by atoms with Gasteiger partial charge in [-0.3, -0.25) is 4.79 Å². The second kappa shape index (κ2) is 6.80. The van der Waals surface area contributed by atoms with Gasteiger partial charge in [0.1, 0.15) is 6.54 Å². The van der Waals surface area contributed by atoms with Crippen molar-refractivity contribution >= 4 is 11.6 Å². The predicted molar refractivity (Wildman–Crippen MR) is 73.3 cm³/mol. The minimum atomic E-state index is -4.35. The summed E-state index contributed by atoms with van der Waals surface area (Å²) < 4.78 is 36.0. The Kier molecular flexibility index (Phi) is 5.06. The number of hydrogen-bond acceptors (Lipinski definition) is 2. The molecule has 0 aromatic heterocycles. The van der Waals surface area contributed by atoms with Crippen LogP contribution in [0.2, 0.25) is 0 Å². The van der Waals surface area contributed by atoms with Gasteiger partial charge >= 0.3 is 6.18 Å². The number of nitrogens with one attached hydrogen (secondary N) is 2. The average Bonchev–Trinajstić information content (AvgIpc) is 2.46. The molecule has 1 heterocycles. The van der Waals surface area contributed by atoms with Crippen LogP contribution < -0.4 is 15.1 Å². The third kappa shape index (κ3) is 5.26. The zero-order chi connectivity index (χ0) is 15.3. The van der Waals surface area contributed by atoms with E-state index in [0.29, 0.717) is 0 Å². The highest BCUT2D eigenvalue weighted by molar-refractivity contribution is 5.76. The minimum absolute atomic E-state index is 0.0959. The summed E-state index contributed by atoms with van der Waals surface area (Å²) in [6, 6.07) is 9.95. The van der Waals surface area contributed by atoms with Crippen molar-refractivity contribution in [3.8, 4) is 0 Å². The number of alkyl halides is 3. The Morgan fingerprint density at radius 1 is 1.19 bits per heavy atom. The molecule has 0 spiro atoms. The highest BCUT2D eigenvalue weighted by Crippen LogP contribution is 2.12. The van der Waals surface area contributed by atoms with Crippen molar-refractivity contribution in [1.82, 2.24) is 5.32 Å². The lowest BCUT2D eigenvalue weighted by Gasteiger charge is -2.33. The molecule has 0 unspecified atom stereocenters. The first-order chi connectivity index (χ1) is 9.94. The standard InChI is InChI=1S/C14H18F3N3O/c15-14(16,17)11-18-13(21)10-19-6-8-20(9-7-19)12-4-2-1-3-5-12/h1-5H,6-11H2,(H,18,21)/p+1. The van der Waals surface area contributed by atoms with Gasteiger partial charge in [-0.05, 0) is 12.1 Å². The Bertz CT molecular complexity index is 456. The molecule has 1 aromatic carbocycles. The number of hydrogen-bond donors (Lipinski definition) is 2. The molecule has 0 bridgehead atoms. The van der Waals surface area contributed by atoms with E-state index >= 15 is 0 Å². The first-order valence-electron chi connectivity index (χ1n) is 6.91. The van der Waals surface area contributed by atoms with Gasteiger partial charge in [-0.1, -0.05) is 18.2 Å². The smallest absolute Gasteiger partial charge is 0.360 e. The molecule has 1 amide bonds. The first kappa shape index (κ1) is 15.6. The van der Waals surface area contributed by atoms with Gasteiger partial charge in [0.15, 0.2) is 6.54 Å². The number of piperazine rings is 1. The van der Waals surface area contributed by atoms with Gasteiger partial charge in [0, 0.05) is 5.69 Å². The molecular formula is C14H19F3N3O+. The largest absolute Gasteiger partial charge is 0.405 e. The fraction of sp³-hybridized carbons (Fsp3) is 0.500. The molecule has 0 radical (unpaired) electrons. The second-order valence-electron chi connectivity index (χ2n) is 5.14. The molecule has 116 valence electrons. The summed E-state index contributed by atoms with van der Waals surface area (Å²) in [7, 11) is 0. The fourth-order valence-electron chi connectivity index (χ4n) is 2.39. The van der Waals surface area contributed by atoms with Crippen molar-refractivity contribution in [3.05, 3.63) is 30.3 Å². The summed E-state index contributed by atoms with van der Waals surface area (Å²) in [6.45, 7) is 1.93. The second-order valence-corrected chi connectivity index (χ2v) is 5.14. The number of carbonyl (C=O) groups excluding carboxylic acids is 1. The van der Waals surface area contributed by atoms with E-state index in [9.17, 15) is 18.0 Å². The SMILES string of the molecule is O=C(C[NH+]1CCN(c2ccccc2)CC1)NCC(F)(F)F. The van der Waals surface area contributed by atoms with E-state index in [4.69, 9.17) is 0 Å². The van der Waals surface area contributed by atoms with E-state index in [1.54, 1.807) is 0 Å². The summed E-state index contributed by atoms with van der Waals surface area (Å²) in [5.41, 5.74) is 1.14. The zero-order valence-corrected chi connectivity index (χ0v) is 11.6. The highest BCUT2D eigenvalue weighted by Gasteiger charge is 2.29. The molecule has 4 nitrogen and oxygen atoms in total. The van der Waals surface area contributed by atoms with Crippen molar-refractivity contribution in [2.24, 2.45) is 0 Å². The lowest BCUT2D eigenvalue weighted by molar-refractivity contribution is -0.892. The van der Waals surface area contributed by atoms with E-state index in [1.807, 2.05) is 35.6 Å². The van der Waals surface area contributed by atoms with Gasteiger partial charge in [-0.2, -0.15) is 13.2 Å². The molecule has 2 N–H and O–H groups in total. The summed E-state index contributed by atoms with van der Waals surface area (Å²) in [5.74, 6) is -0.546. The van der Waals surface area contributed by atoms with Crippen LogP contribution in [0.25, 0.3) is 0 Å². The van der Waals surface area contributed by atoms with Crippen LogP contribution in [-0.4, -0.2) is 51.4 Å². The average molecular weight is 302 g/mol. The molecular weight excluding hydrogens is 283 g/mol. The van der Waals surface area contributed by atoms with Gasteiger partial charge in [-0.25, -0.2) is 0 Å². The van der Waals surface area contributed by atoms with Crippen LogP contribution in [0.5, 0.6) is 0 Å². The van der Waals surface area contributed by atoms with E-state index in [-0.39, 0.29) is 6.54 Å². The van der Waals surface area contributed by atoms with Gasteiger partial charge in [0.25, 0.3) is 5.91 Å². The van der Waals surface area contributed by atoms with Gasteiger partial charge in [0.05, 0.1) is 26.2 Å². The van der Waals surface area contributed by atoms with Crippen molar-refractivity contribution in [2.45, 2.75) is 6.18 Å². The van der Waals surface area contributed by atoms with Gasteiger partial charge in [0.2, 0.25) is 0 Å². The first-order valence-corrected chi connectivity index (χ1v) is 6.91. The van der Waals surface area contributed by atoms with Crippen LogP contribution >= 0.6 is 0 Å². The number of rotatable bonds is 4. The number of benzene rings is 1. The van der Waals surface area contributed by atoms with Crippen molar-refractivity contribution in [1.29, 1.82) is 0 Å². The number of halogens is 3. The molecule has 1 aliphatic heterocycles. The Balaban J connectivity index is 1.73. The number of quaternary nitrogens is 1. The molecule has 7 heteroatoms. The molecule has 0 atom stereocenters. The maximum Gasteiger partial charge on any atom is 0.405 e. The van der Waals surface area contributed by atoms with E-state index in [0.717, 1.165) is 36.8 Å². The lowest BCUT2D eigenvalue weighted by Crippen LogP contribution is -3.16. The van der Waals surface area contributed by atoms with Crippen LogP contribution in [0.15, 0.2) is 30.3 Å². The molecule has 1 saturated heterocycles. The zero-order valence-electron chi connectivity index (χ0n) is 11.6. The summed E-state index contributed by atoms with van der Waals surface area (Å²) in [5, 5.41) is 1.91. The number of anilines is 1. The lowest BCUT2D eigenvalue weighted by atomic mass is 10.2. The van der Waals surface area contributed by atoms with E-state index in [2.05, 4.69) is 4.90 Å². The minimum Gasteiger partial charge on any atom is -0.360 e. The fourth-order valence-corrected chi connectivity index (χ4v) is 2.39. The van der Waals surface area contributed by atoms with Gasteiger partial charge < -0.3 is 15.1 Å². The molecule has 1 fully saturated rings. The van der Waals surface area contributed by atoms with E-state index in [1.165, 1.54) is 0 Å². The highest BCUT2D eigenvalue weighted by atomic mass is 19.4. The number of amides is 1.